The van der Waals surface area contributed by atoms with E-state index in [2.05, 4.69) is 0 Å². The molecule has 5 nitrogen and oxygen atoms in total. The highest BCUT2D eigenvalue weighted by atomic mass is 32.2. The number of carbonyl (C=O) groups is 2. The molecule has 0 unspecified atom stereocenters. The van der Waals surface area contributed by atoms with E-state index in [4.69, 9.17) is 15.2 Å². The fourth-order valence-electron chi connectivity index (χ4n) is 2.08. The van der Waals surface area contributed by atoms with E-state index in [1.807, 2.05) is 6.07 Å². The van der Waals surface area contributed by atoms with Gasteiger partial charge in [-0.05, 0) is 36.5 Å². The van der Waals surface area contributed by atoms with Crippen molar-refractivity contribution in [3.63, 3.8) is 0 Å². The van der Waals surface area contributed by atoms with Gasteiger partial charge in [0.1, 0.15) is 0 Å². The number of nitrogen functional groups attached to an aromatic ring is 1. The van der Waals surface area contributed by atoms with Gasteiger partial charge in [0.05, 0.1) is 26.2 Å². The van der Waals surface area contributed by atoms with Gasteiger partial charge in [-0.15, -0.1) is 11.8 Å². The number of methoxy groups -OCH3 is 2. The first kappa shape index (κ1) is 15.7. The second-order valence-electron chi connectivity index (χ2n) is 5.28. The highest BCUT2D eigenvalue weighted by Gasteiger charge is 2.44. The van der Waals surface area contributed by atoms with E-state index in [9.17, 15) is 9.59 Å². The first-order chi connectivity index (χ1) is 9.99. The third-order valence-electron chi connectivity index (χ3n) is 3.68. The van der Waals surface area contributed by atoms with Gasteiger partial charge in [-0.2, -0.15) is 0 Å². The molecule has 6 heteroatoms. The molecule has 0 aliphatic heterocycles. The third kappa shape index (κ3) is 3.91. The average Bonchev–Trinajstić information content (AvgIpc) is 3.25. The molecular formula is C15H19NO4S. The lowest BCUT2D eigenvalue weighted by Gasteiger charge is -2.13. The van der Waals surface area contributed by atoms with Crippen molar-refractivity contribution in [1.29, 1.82) is 0 Å². The Morgan fingerprint density at radius 3 is 2.57 bits per heavy atom. The Morgan fingerprint density at radius 2 is 2.00 bits per heavy atom. The van der Waals surface area contributed by atoms with Gasteiger partial charge in [-0.25, -0.2) is 4.79 Å². The number of carbonyl (C=O) groups excluding carboxylic acids is 2. The molecule has 1 fully saturated rings. The van der Waals surface area contributed by atoms with Gasteiger partial charge in [0.25, 0.3) is 0 Å². The molecule has 1 aliphatic rings. The normalized spacial score (nSPS) is 15.3. The van der Waals surface area contributed by atoms with E-state index >= 15 is 0 Å². The number of esters is 2. The van der Waals surface area contributed by atoms with Crippen molar-refractivity contribution in [3.8, 4) is 0 Å². The van der Waals surface area contributed by atoms with E-state index in [1.165, 1.54) is 14.2 Å². The van der Waals surface area contributed by atoms with Crippen molar-refractivity contribution in [2.45, 2.75) is 24.2 Å². The molecule has 0 heterocycles. The Labute approximate surface area is 128 Å². The van der Waals surface area contributed by atoms with Crippen molar-refractivity contribution >= 4 is 29.4 Å². The maximum absolute atomic E-state index is 11.6. The minimum absolute atomic E-state index is 0.0462. The van der Waals surface area contributed by atoms with E-state index in [-0.39, 0.29) is 11.4 Å². The van der Waals surface area contributed by atoms with Gasteiger partial charge < -0.3 is 15.2 Å². The minimum atomic E-state index is -0.439. The summed E-state index contributed by atoms with van der Waals surface area (Å²) in [6.07, 6.45) is 2.52. The summed E-state index contributed by atoms with van der Waals surface area (Å²) in [5, 5.41) is 0. The number of hydrogen-bond acceptors (Lipinski definition) is 6. The summed E-state index contributed by atoms with van der Waals surface area (Å²) in [5.41, 5.74) is 6.60. The number of nitrogens with two attached hydrogens (primary N) is 1. The van der Waals surface area contributed by atoms with Crippen molar-refractivity contribution in [2.24, 2.45) is 5.41 Å². The zero-order chi connectivity index (χ0) is 15.5. The number of benzene rings is 1. The Hall–Kier alpha value is -1.69. The molecule has 21 heavy (non-hydrogen) atoms. The molecule has 0 radical (unpaired) electrons. The summed E-state index contributed by atoms with van der Waals surface area (Å²) in [7, 11) is 2.74. The monoisotopic (exact) mass is 309 g/mol. The standard InChI is InChI=1S/C15H19NO4S/c1-19-13(17)8-15(5-6-15)9-21-10-3-4-12(16)11(7-10)14(18)20-2/h3-4,7H,5-6,8-9,16H2,1-2H3. The van der Waals surface area contributed by atoms with E-state index in [0.29, 0.717) is 17.7 Å². The fraction of sp³-hybridized carbons (Fsp3) is 0.467. The lowest BCUT2D eigenvalue weighted by Crippen LogP contribution is -2.13. The summed E-state index contributed by atoms with van der Waals surface area (Å²) in [4.78, 5) is 24.0. The zero-order valence-electron chi connectivity index (χ0n) is 12.2. The van der Waals surface area contributed by atoms with E-state index < -0.39 is 5.97 Å². The first-order valence-electron chi connectivity index (χ1n) is 6.67. The van der Waals surface area contributed by atoms with Crippen LogP contribution in [-0.4, -0.2) is 31.9 Å². The molecule has 2 rings (SSSR count). The first-order valence-corrected chi connectivity index (χ1v) is 7.66. The maximum Gasteiger partial charge on any atom is 0.339 e. The topological polar surface area (TPSA) is 78.6 Å². The lowest BCUT2D eigenvalue weighted by atomic mass is 10.1. The number of rotatable bonds is 6. The van der Waals surface area contributed by atoms with Crippen LogP contribution in [0.15, 0.2) is 23.1 Å². The molecule has 0 aromatic heterocycles. The Morgan fingerprint density at radius 1 is 1.29 bits per heavy atom. The Kier molecular flexibility index (Phi) is 4.77. The smallest absolute Gasteiger partial charge is 0.339 e. The summed E-state index contributed by atoms with van der Waals surface area (Å²) in [6.45, 7) is 0. The molecule has 0 bridgehead atoms. The van der Waals surface area contributed by atoms with Crippen molar-refractivity contribution in [2.75, 3.05) is 25.7 Å². The van der Waals surface area contributed by atoms with Crippen molar-refractivity contribution < 1.29 is 19.1 Å². The molecule has 1 saturated carbocycles. The van der Waals surface area contributed by atoms with Crippen LogP contribution < -0.4 is 5.73 Å². The van der Waals surface area contributed by atoms with Gasteiger partial charge in [0.2, 0.25) is 0 Å². The van der Waals surface area contributed by atoms with Crippen LogP contribution in [0, 0.1) is 5.41 Å². The second kappa shape index (κ2) is 6.39. The van der Waals surface area contributed by atoms with Crippen molar-refractivity contribution in [1.82, 2.24) is 0 Å². The van der Waals surface area contributed by atoms with Crippen LogP contribution in [0.2, 0.25) is 0 Å². The molecule has 1 aromatic rings. The van der Waals surface area contributed by atoms with Crippen LogP contribution in [0.1, 0.15) is 29.6 Å². The summed E-state index contributed by atoms with van der Waals surface area (Å²) >= 11 is 1.62. The van der Waals surface area contributed by atoms with Crippen molar-refractivity contribution in [3.05, 3.63) is 23.8 Å². The predicted octanol–water partition coefficient (Wildman–Crippen LogP) is 2.49. The van der Waals surface area contributed by atoms with Crippen LogP contribution in [0.25, 0.3) is 0 Å². The molecule has 0 amide bonds. The summed E-state index contributed by atoms with van der Waals surface area (Å²) < 4.78 is 9.44. The van der Waals surface area contributed by atoms with Gasteiger partial charge in [0, 0.05) is 16.3 Å². The molecule has 1 aliphatic carbocycles. The molecule has 0 atom stereocenters. The van der Waals surface area contributed by atoms with Crippen LogP contribution >= 0.6 is 11.8 Å². The molecular weight excluding hydrogens is 290 g/mol. The molecule has 0 spiro atoms. The van der Waals surface area contributed by atoms with E-state index in [0.717, 1.165) is 23.5 Å². The zero-order valence-corrected chi connectivity index (χ0v) is 13.0. The number of thioether (sulfide) groups is 1. The van der Waals surface area contributed by atoms with Gasteiger partial charge in [-0.1, -0.05) is 0 Å². The largest absolute Gasteiger partial charge is 0.469 e. The van der Waals surface area contributed by atoms with Crippen LogP contribution in [0.3, 0.4) is 0 Å². The highest BCUT2D eigenvalue weighted by Crippen LogP contribution is 2.52. The third-order valence-corrected chi connectivity index (χ3v) is 5.02. The quantitative estimate of drug-likeness (QED) is 0.494. The summed E-state index contributed by atoms with van der Waals surface area (Å²) in [5.74, 6) is 0.221. The number of hydrogen-bond donors (Lipinski definition) is 1. The minimum Gasteiger partial charge on any atom is -0.469 e. The highest BCUT2D eigenvalue weighted by molar-refractivity contribution is 7.99. The predicted molar refractivity (Wildman–Crippen MR) is 81.2 cm³/mol. The molecule has 0 saturated heterocycles. The second-order valence-corrected chi connectivity index (χ2v) is 6.33. The maximum atomic E-state index is 11.6. The van der Waals surface area contributed by atoms with Crippen LogP contribution in [0.5, 0.6) is 0 Å². The number of anilines is 1. The van der Waals surface area contributed by atoms with Gasteiger partial charge in [-0.3, -0.25) is 4.79 Å². The molecule has 1 aromatic carbocycles. The Balaban J connectivity index is 2.01. The van der Waals surface area contributed by atoms with Gasteiger partial charge in [0.15, 0.2) is 0 Å². The molecule has 2 N–H and O–H groups in total. The lowest BCUT2D eigenvalue weighted by molar-refractivity contribution is -0.141. The van der Waals surface area contributed by atoms with Crippen LogP contribution in [0.4, 0.5) is 5.69 Å². The summed E-state index contributed by atoms with van der Waals surface area (Å²) in [6, 6.07) is 5.31. The fourth-order valence-corrected chi connectivity index (χ4v) is 3.30. The van der Waals surface area contributed by atoms with Crippen LogP contribution in [-0.2, 0) is 14.3 Å². The average molecular weight is 309 g/mol. The molecule has 114 valence electrons. The SMILES string of the molecule is COC(=O)CC1(CSc2ccc(N)c(C(=O)OC)c2)CC1. The van der Waals surface area contributed by atoms with E-state index in [1.54, 1.807) is 23.9 Å². The number of ether oxygens (including phenoxy) is 2. The van der Waals surface area contributed by atoms with Gasteiger partial charge >= 0.3 is 11.9 Å². The Bertz CT molecular complexity index is 555.